The number of hydrogen-bond donors (Lipinski definition) is 0. The number of ether oxygens (including phenoxy) is 4. The topological polar surface area (TPSA) is 77.7 Å². The van der Waals surface area contributed by atoms with Crippen LogP contribution in [0.5, 0.6) is 0 Å². The third-order valence-corrected chi connectivity index (χ3v) is 6.92. The van der Waals surface area contributed by atoms with Crippen LogP contribution in [0.1, 0.15) is 66.2 Å². The van der Waals surface area contributed by atoms with Gasteiger partial charge in [-0.15, -0.1) is 0 Å². The van der Waals surface area contributed by atoms with Gasteiger partial charge in [0, 0.05) is 5.41 Å². The first-order valence-electron chi connectivity index (χ1n) is 10.3. The molecule has 6 unspecified atom stereocenters. The van der Waals surface area contributed by atoms with Crippen molar-refractivity contribution in [2.75, 3.05) is 13.2 Å². The molecule has 6 atom stereocenters. The highest BCUT2D eigenvalue weighted by atomic mass is 16.6. The van der Waals surface area contributed by atoms with E-state index >= 15 is 0 Å². The molecule has 0 N–H and O–H groups in total. The summed E-state index contributed by atoms with van der Waals surface area (Å²) in [6, 6.07) is 0. The van der Waals surface area contributed by atoms with Crippen LogP contribution in [0.2, 0.25) is 0 Å². The van der Waals surface area contributed by atoms with E-state index in [0.717, 1.165) is 38.5 Å². The molecule has 2 aliphatic heterocycles. The molecule has 6 heteroatoms. The van der Waals surface area contributed by atoms with Crippen molar-refractivity contribution in [3.05, 3.63) is 0 Å². The van der Waals surface area contributed by atoms with Gasteiger partial charge in [-0.3, -0.25) is 9.59 Å². The molecule has 6 nitrogen and oxygen atoms in total. The van der Waals surface area contributed by atoms with Gasteiger partial charge in [-0.05, 0) is 52.4 Å². The standard InChI is InChI=1S/C21H32O6/c1-19(2,11-24-17(22)13-5-7-20(3)15(9-13)26-20)12-25-18(23)14-6-8-21(4)16(10-14)27-21/h13-16H,5-12H2,1-4H3. The molecule has 2 heterocycles. The predicted molar refractivity (Wildman–Crippen MR) is 96.9 cm³/mol. The van der Waals surface area contributed by atoms with E-state index in [2.05, 4.69) is 13.8 Å². The van der Waals surface area contributed by atoms with E-state index in [9.17, 15) is 9.59 Å². The molecule has 2 aliphatic carbocycles. The SMILES string of the molecule is CC(C)(COC(=O)C1CCC2(C)OC2C1)COC(=O)C1CCC2(C)OC2C1. The molecule has 0 aromatic heterocycles. The van der Waals surface area contributed by atoms with Crippen molar-refractivity contribution in [3.63, 3.8) is 0 Å². The smallest absolute Gasteiger partial charge is 0.309 e. The number of carbonyl (C=O) groups is 2. The maximum atomic E-state index is 12.4. The Balaban J connectivity index is 1.17. The number of carbonyl (C=O) groups excluding carboxylic acids is 2. The third kappa shape index (κ3) is 4.02. The summed E-state index contributed by atoms with van der Waals surface area (Å²) in [5.41, 5.74) is -0.386. The van der Waals surface area contributed by atoms with Gasteiger partial charge in [-0.1, -0.05) is 13.8 Å². The van der Waals surface area contributed by atoms with E-state index in [-0.39, 0.29) is 60.4 Å². The molecular formula is C21H32O6. The lowest BCUT2D eigenvalue weighted by Gasteiger charge is -2.27. The van der Waals surface area contributed by atoms with E-state index in [1.807, 2.05) is 13.8 Å². The second-order valence-corrected chi connectivity index (χ2v) is 10.2. The fourth-order valence-corrected chi connectivity index (χ4v) is 4.53. The Hall–Kier alpha value is -1.14. The van der Waals surface area contributed by atoms with Crippen LogP contribution in [0.15, 0.2) is 0 Å². The van der Waals surface area contributed by atoms with E-state index in [0.29, 0.717) is 0 Å². The third-order valence-electron chi connectivity index (χ3n) is 6.92. The first kappa shape index (κ1) is 19.2. The van der Waals surface area contributed by atoms with Gasteiger partial charge in [0.15, 0.2) is 0 Å². The summed E-state index contributed by atoms with van der Waals surface area (Å²) in [7, 11) is 0. The zero-order valence-electron chi connectivity index (χ0n) is 16.9. The summed E-state index contributed by atoms with van der Waals surface area (Å²) in [5, 5.41) is 0. The summed E-state index contributed by atoms with van der Waals surface area (Å²) in [6.45, 7) is 8.65. The Morgan fingerprint density at radius 1 is 0.889 bits per heavy atom. The Kier molecular flexibility index (Phi) is 4.58. The van der Waals surface area contributed by atoms with Crippen LogP contribution in [0.25, 0.3) is 0 Å². The summed E-state index contributed by atoms with van der Waals surface area (Å²) < 4.78 is 22.4. The minimum atomic E-state index is -0.399. The van der Waals surface area contributed by atoms with Gasteiger partial charge in [-0.25, -0.2) is 0 Å². The average Bonchev–Trinajstić information content (AvgIpc) is 3.49. The Morgan fingerprint density at radius 3 is 1.67 bits per heavy atom. The summed E-state index contributed by atoms with van der Waals surface area (Å²) in [5.74, 6) is -0.438. The van der Waals surface area contributed by atoms with Gasteiger partial charge < -0.3 is 18.9 Å². The Bertz CT molecular complexity index is 578. The van der Waals surface area contributed by atoms with E-state index in [1.165, 1.54) is 0 Å². The van der Waals surface area contributed by atoms with Crippen LogP contribution in [-0.2, 0) is 28.5 Å². The average molecular weight is 380 g/mol. The molecule has 4 aliphatic rings. The van der Waals surface area contributed by atoms with Gasteiger partial charge in [0.05, 0.1) is 48.5 Å². The lowest BCUT2D eigenvalue weighted by molar-refractivity contribution is -0.158. The number of epoxide rings is 2. The predicted octanol–water partition coefficient (Wildman–Crippen LogP) is 3.01. The van der Waals surface area contributed by atoms with Gasteiger partial charge in [0.25, 0.3) is 0 Å². The van der Waals surface area contributed by atoms with Gasteiger partial charge in [0.1, 0.15) is 0 Å². The summed E-state index contributed by atoms with van der Waals surface area (Å²) in [6.07, 6.45) is 5.43. The van der Waals surface area contributed by atoms with Gasteiger partial charge >= 0.3 is 11.9 Å². The molecule has 0 spiro atoms. The number of hydrogen-bond acceptors (Lipinski definition) is 6. The van der Waals surface area contributed by atoms with Gasteiger partial charge in [-0.2, -0.15) is 0 Å². The van der Waals surface area contributed by atoms with Crippen LogP contribution < -0.4 is 0 Å². The summed E-state index contributed by atoms with van der Waals surface area (Å²) in [4.78, 5) is 24.7. The summed E-state index contributed by atoms with van der Waals surface area (Å²) >= 11 is 0. The molecular weight excluding hydrogens is 348 g/mol. The number of fused-ring (bicyclic) bond motifs is 2. The monoisotopic (exact) mass is 380 g/mol. The first-order valence-corrected chi connectivity index (χ1v) is 10.3. The zero-order valence-corrected chi connectivity index (χ0v) is 16.9. The van der Waals surface area contributed by atoms with E-state index in [4.69, 9.17) is 18.9 Å². The lowest BCUT2D eigenvalue weighted by atomic mass is 9.83. The maximum Gasteiger partial charge on any atom is 0.309 e. The zero-order chi connectivity index (χ0) is 19.4. The number of rotatable bonds is 6. The van der Waals surface area contributed by atoms with Crippen molar-refractivity contribution in [3.8, 4) is 0 Å². The molecule has 2 saturated carbocycles. The molecule has 27 heavy (non-hydrogen) atoms. The molecule has 0 radical (unpaired) electrons. The fourth-order valence-electron chi connectivity index (χ4n) is 4.53. The maximum absolute atomic E-state index is 12.4. The molecule has 0 bridgehead atoms. The van der Waals surface area contributed by atoms with Crippen LogP contribution in [0.3, 0.4) is 0 Å². The van der Waals surface area contributed by atoms with Crippen molar-refractivity contribution in [2.24, 2.45) is 17.3 Å². The highest BCUT2D eigenvalue weighted by Crippen LogP contribution is 2.50. The van der Waals surface area contributed by atoms with Crippen LogP contribution in [0, 0.1) is 17.3 Å². The Labute approximate surface area is 161 Å². The molecule has 0 aromatic carbocycles. The van der Waals surface area contributed by atoms with E-state index < -0.39 is 5.41 Å². The highest BCUT2D eigenvalue weighted by Gasteiger charge is 2.57. The minimum absolute atomic E-state index is 0.00627. The van der Waals surface area contributed by atoms with Crippen molar-refractivity contribution >= 4 is 11.9 Å². The molecule has 4 rings (SSSR count). The lowest BCUT2D eigenvalue weighted by Crippen LogP contribution is -2.34. The number of esters is 2. The van der Waals surface area contributed by atoms with Crippen molar-refractivity contribution in [2.45, 2.75) is 89.6 Å². The minimum Gasteiger partial charge on any atom is -0.465 e. The van der Waals surface area contributed by atoms with Gasteiger partial charge in [0.2, 0.25) is 0 Å². The van der Waals surface area contributed by atoms with Crippen molar-refractivity contribution < 1.29 is 28.5 Å². The second-order valence-electron chi connectivity index (χ2n) is 10.2. The molecule has 2 saturated heterocycles. The van der Waals surface area contributed by atoms with Crippen LogP contribution in [-0.4, -0.2) is 48.6 Å². The highest BCUT2D eigenvalue weighted by molar-refractivity contribution is 5.73. The fraction of sp³-hybridized carbons (Fsp3) is 0.905. The first-order chi connectivity index (χ1) is 12.6. The van der Waals surface area contributed by atoms with Crippen LogP contribution in [0.4, 0.5) is 0 Å². The second kappa shape index (κ2) is 6.45. The molecule has 4 fully saturated rings. The van der Waals surface area contributed by atoms with Crippen molar-refractivity contribution in [1.29, 1.82) is 0 Å². The van der Waals surface area contributed by atoms with Crippen molar-refractivity contribution in [1.82, 2.24) is 0 Å². The Morgan fingerprint density at radius 2 is 1.30 bits per heavy atom. The normalized spacial score (nSPS) is 42.5. The molecule has 0 aromatic rings. The van der Waals surface area contributed by atoms with Crippen LogP contribution >= 0.6 is 0 Å². The molecule has 152 valence electrons. The quantitative estimate of drug-likeness (QED) is 0.521. The largest absolute Gasteiger partial charge is 0.465 e. The molecule has 0 amide bonds. The van der Waals surface area contributed by atoms with E-state index in [1.54, 1.807) is 0 Å².